The van der Waals surface area contributed by atoms with E-state index in [1.54, 1.807) is 0 Å². The van der Waals surface area contributed by atoms with E-state index in [-0.39, 0.29) is 39.8 Å². The van der Waals surface area contributed by atoms with E-state index >= 15 is 0 Å². The number of amides is 1. The fourth-order valence-corrected chi connectivity index (χ4v) is 3.95. The van der Waals surface area contributed by atoms with Crippen LogP contribution in [0.1, 0.15) is 31.4 Å². The number of aryl methyl sites for hydroxylation is 1. The average Bonchev–Trinajstić information content (AvgIpc) is 3.20. The van der Waals surface area contributed by atoms with E-state index in [9.17, 15) is 27.5 Å². The summed E-state index contributed by atoms with van der Waals surface area (Å²) in [6.45, 7) is -0.383. The van der Waals surface area contributed by atoms with Gasteiger partial charge in [0.2, 0.25) is 11.7 Å². The molecule has 180 valence electrons. The molecular weight excluding hydrogens is 480 g/mol. The lowest BCUT2D eigenvalue weighted by atomic mass is 9.82. The number of pyridine rings is 1. The smallest absolute Gasteiger partial charge is 0.252 e. The van der Waals surface area contributed by atoms with Gasteiger partial charge >= 0.3 is 0 Å². The molecule has 0 saturated heterocycles. The van der Waals surface area contributed by atoms with Gasteiger partial charge in [0.05, 0.1) is 24.8 Å². The summed E-state index contributed by atoms with van der Waals surface area (Å²) in [6.07, 6.45) is -0.777. The molecule has 13 heteroatoms. The molecule has 0 atom stereocenters. The van der Waals surface area contributed by atoms with Crippen LogP contribution in [0.2, 0.25) is 5.02 Å². The second kappa shape index (κ2) is 8.91. The number of alkyl halides is 2. The summed E-state index contributed by atoms with van der Waals surface area (Å²) in [4.78, 5) is 17.5. The topological polar surface area (TPSA) is 106 Å². The molecule has 34 heavy (non-hydrogen) atoms. The first-order chi connectivity index (χ1) is 16.0. The minimum atomic E-state index is -2.92. The summed E-state index contributed by atoms with van der Waals surface area (Å²) >= 11 is 5.99. The van der Waals surface area contributed by atoms with E-state index in [0.717, 1.165) is 16.9 Å². The van der Waals surface area contributed by atoms with Gasteiger partial charge < -0.3 is 10.4 Å². The highest BCUT2D eigenvalue weighted by molar-refractivity contribution is 6.31. The van der Waals surface area contributed by atoms with Crippen molar-refractivity contribution in [2.24, 2.45) is 7.05 Å². The van der Waals surface area contributed by atoms with Gasteiger partial charge in [0, 0.05) is 29.6 Å². The third-order valence-corrected chi connectivity index (χ3v) is 5.88. The number of halogens is 5. The summed E-state index contributed by atoms with van der Waals surface area (Å²) in [5.74, 6) is -5.39. The second-order valence-electron chi connectivity index (χ2n) is 8.14. The Morgan fingerprint density at radius 2 is 1.88 bits per heavy atom. The molecule has 2 heterocycles. The van der Waals surface area contributed by atoms with Crippen LogP contribution in [0.5, 0.6) is 0 Å². The molecule has 2 aromatic heterocycles. The maximum Gasteiger partial charge on any atom is 0.252 e. The lowest BCUT2D eigenvalue weighted by Crippen LogP contribution is -2.50. The lowest BCUT2D eigenvalue weighted by molar-refractivity contribution is -0.153. The van der Waals surface area contributed by atoms with Crippen molar-refractivity contribution in [1.82, 2.24) is 30.5 Å². The highest BCUT2D eigenvalue weighted by Crippen LogP contribution is 2.39. The molecule has 0 radical (unpaired) electrons. The number of nitrogens with zero attached hydrogens (tertiary/aromatic N) is 5. The van der Waals surface area contributed by atoms with E-state index in [1.807, 2.05) is 0 Å². The Labute approximate surface area is 195 Å². The largest absolute Gasteiger partial charge is 0.380 e. The summed E-state index contributed by atoms with van der Waals surface area (Å²) in [5, 5.41) is 24.2. The van der Waals surface area contributed by atoms with Crippen molar-refractivity contribution in [3.8, 4) is 22.5 Å². The summed E-state index contributed by atoms with van der Waals surface area (Å²) < 4.78 is 56.2. The van der Waals surface area contributed by atoms with Gasteiger partial charge in [0.15, 0.2) is 0 Å². The fraction of sp³-hybridized carbons (Fsp3) is 0.381. The number of benzene rings is 1. The molecular formula is C21H19ClF4N6O2. The molecule has 4 rings (SSSR count). The number of nitrogens with one attached hydrogen (secondary N) is 1. The first-order valence-corrected chi connectivity index (χ1v) is 10.6. The van der Waals surface area contributed by atoms with Gasteiger partial charge in [-0.05, 0) is 41.8 Å². The van der Waals surface area contributed by atoms with E-state index in [4.69, 9.17) is 11.6 Å². The van der Waals surface area contributed by atoms with Crippen LogP contribution in [-0.2, 0) is 18.4 Å². The first-order valence-electron chi connectivity index (χ1n) is 10.2. The van der Waals surface area contributed by atoms with Gasteiger partial charge in [0.25, 0.3) is 5.91 Å². The zero-order valence-corrected chi connectivity index (χ0v) is 18.6. The molecule has 1 saturated carbocycles. The van der Waals surface area contributed by atoms with Gasteiger partial charge in [-0.1, -0.05) is 11.6 Å². The first kappa shape index (κ1) is 24.0. The molecule has 1 amide bonds. The van der Waals surface area contributed by atoms with Crippen molar-refractivity contribution in [3.63, 3.8) is 0 Å². The third-order valence-electron chi connectivity index (χ3n) is 5.66. The van der Waals surface area contributed by atoms with Gasteiger partial charge in [-0.3, -0.25) is 9.78 Å². The second-order valence-corrected chi connectivity index (χ2v) is 8.57. The van der Waals surface area contributed by atoms with Crippen LogP contribution < -0.4 is 5.32 Å². The number of hydrogen-bond donors (Lipinski definition) is 2. The highest BCUT2D eigenvalue weighted by Gasteiger charge is 2.46. The zero-order chi connectivity index (χ0) is 24.7. The molecule has 1 fully saturated rings. The van der Waals surface area contributed by atoms with Crippen LogP contribution >= 0.6 is 11.6 Å². The number of carbonyl (C=O) groups is 1. The number of hydrogen-bond acceptors (Lipinski definition) is 6. The molecule has 0 aliphatic heterocycles. The Morgan fingerprint density at radius 3 is 2.50 bits per heavy atom. The fourth-order valence-electron chi connectivity index (χ4n) is 3.74. The minimum Gasteiger partial charge on any atom is -0.380 e. The Balaban J connectivity index is 1.55. The lowest BCUT2D eigenvalue weighted by Gasteiger charge is -2.34. The molecule has 0 unspecified atom stereocenters. The Hall–Kier alpha value is -3.12. The Kier molecular flexibility index (Phi) is 6.30. The number of aromatic nitrogens is 5. The predicted molar refractivity (Wildman–Crippen MR) is 113 cm³/mol. The maximum absolute atomic E-state index is 14.8. The average molecular weight is 499 g/mol. The predicted octanol–water partition coefficient (Wildman–Crippen LogP) is 3.43. The molecule has 0 spiro atoms. The molecule has 8 nitrogen and oxygen atoms in total. The van der Waals surface area contributed by atoms with E-state index in [2.05, 4.69) is 25.7 Å². The number of aliphatic hydroxyl groups is 1. The Morgan fingerprint density at radius 1 is 1.18 bits per heavy atom. The normalized spacial score (nSPS) is 16.9. The molecule has 3 aromatic rings. The number of carbonyl (C=O) groups excluding carboxylic acids is 1. The van der Waals surface area contributed by atoms with Crippen molar-refractivity contribution in [2.45, 2.75) is 43.8 Å². The van der Waals surface area contributed by atoms with Crippen molar-refractivity contribution in [3.05, 3.63) is 46.7 Å². The zero-order valence-electron chi connectivity index (χ0n) is 17.8. The number of tetrazole rings is 1. The van der Waals surface area contributed by atoms with Crippen LogP contribution in [0.15, 0.2) is 24.4 Å². The molecule has 1 aliphatic rings. The highest BCUT2D eigenvalue weighted by atomic mass is 35.5. The third kappa shape index (κ3) is 4.87. The summed E-state index contributed by atoms with van der Waals surface area (Å²) in [5.41, 5.74) is -1.81. The van der Waals surface area contributed by atoms with Crippen LogP contribution in [0.3, 0.4) is 0 Å². The monoisotopic (exact) mass is 498 g/mol. The van der Waals surface area contributed by atoms with E-state index in [1.165, 1.54) is 19.3 Å². The van der Waals surface area contributed by atoms with Gasteiger partial charge in [-0.2, -0.15) is 4.80 Å². The standard InChI is InChI=1S/C21H19ClF4N6O2/c1-32-30-18(29-31-32)17-13(7-12(22)8-15(17)24)11-6-14(23)16(27-9-11)10-28-19(33)20(34)2-4-21(25,26)5-3-20/h6-9,34H,2-5,10H2,1H3,(H,28,33). The van der Waals surface area contributed by atoms with Gasteiger partial charge in [0.1, 0.15) is 17.2 Å². The van der Waals surface area contributed by atoms with E-state index in [0.29, 0.717) is 0 Å². The van der Waals surface area contributed by atoms with Crippen molar-refractivity contribution >= 4 is 17.5 Å². The van der Waals surface area contributed by atoms with Crippen molar-refractivity contribution < 1.29 is 27.5 Å². The van der Waals surface area contributed by atoms with Crippen LogP contribution in [0.25, 0.3) is 22.5 Å². The summed E-state index contributed by atoms with van der Waals surface area (Å²) in [7, 11) is 1.50. The van der Waals surface area contributed by atoms with Crippen LogP contribution in [0.4, 0.5) is 17.6 Å². The van der Waals surface area contributed by atoms with Gasteiger partial charge in [-0.15, -0.1) is 10.2 Å². The van der Waals surface area contributed by atoms with Gasteiger partial charge in [-0.25, -0.2) is 17.6 Å². The molecule has 1 aromatic carbocycles. The molecule has 0 bridgehead atoms. The SMILES string of the molecule is Cn1nnc(-c2c(F)cc(Cl)cc2-c2cnc(CNC(=O)C3(O)CCC(F)(F)CC3)c(F)c2)n1. The molecule has 1 aliphatic carbocycles. The quantitative estimate of drug-likeness (QED) is 0.522. The van der Waals surface area contributed by atoms with Crippen molar-refractivity contribution in [2.75, 3.05) is 0 Å². The molecule has 2 N–H and O–H groups in total. The summed E-state index contributed by atoms with van der Waals surface area (Å²) in [6, 6.07) is 3.55. The Bertz CT molecular complexity index is 1240. The number of rotatable bonds is 5. The van der Waals surface area contributed by atoms with Crippen LogP contribution in [0, 0.1) is 11.6 Å². The van der Waals surface area contributed by atoms with E-state index < -0.39 is 54.7 Å². The maximum atomic E-state index is 14.8. The van der Waals surface area contributed by atoms with Crippen molar-refractivity contribution in [1.29, 1.82) is 0 Å². The minimum absolute atomic E-state index is 0.0327. The van der Waals surface area contributed by atoms with Crippen LogP contribution in [-0.4, -0.2) is 47.7 Å².